The number of nitrogens with one attached hydrogen (secondary N) is 1. The number of halogens is 1. The second kappa shape index (κ2) is 5.04. The Bertz CT molecular complexity index is 636. The lowest BCUT2D eigenvalue weighted by Gasteiger charge is -2.31. The molecule has 112 valence electrons. The summed E-state index contributed by atoms with van der Waals surface area (Å²) in [7, 11) is 1.44. The molecule has 1 fully saturated rings. The number of rotatable bonds is 3. The van der Waals surface area contributed by atoms with Gasteiger partial charge in [0.15, 0.2) is 5.69 Å². The molecule has 1 aliphatic rings. The van der Waals surface area contributed by atoms with Crippen molar-refractivity contribution in [3.05, 3.63) is 11.4 Å². The highest BCUT2D eigenvalue weighted by Gasteiger charge is 2.39. The maximum Gasteiger partial charge on any atom is 0.276 e. The summed E-state index contributed by atoms with van der Waals surface area (Å²) in [6.45, 7) is 6.29. The lowest BCUT2D eigenvalue weighted by molar-refractivity contribution is 0.0642. The van der Waals surface area contributed by atoms with Gasteiger partial charge in [-0.2, -0.15) is 5.10 Å². The number of aromatic nitrogens is 2. The largest absolute Gasteiger partial charge is 0.332 e. The van der Waals surface area contributed by atoms with Crippen molar-refractivity contribution in [3.8, 4) is 0 Å². The van der Waals surface area contributed by atoms with E-state index in [9.17, 15) is 13.2 Å². The van der Waals surface area contributed by atoms with E-state index in [1.807, 2.05) is 13.8 Å². The van der Waals surface area contributed by atoms with Gasteiger partial charge in [0.1, 0.15) is 4.90 Å². The minimum atomic E-state index is -4.01. The molecule has 1 amide bonds. The molecule has 1 aliphatic heterocycles. The molecular formula is C12H18ClN3O3S. The first-order valence-electron chi connectivity index (χ1n) is 6.52. The molecule has 0 aliphatic carbocycles. The Labute approximate surface area is 122 Å². The molecule has 0 radical (unpaired) electrons. The third-order valence-corrected chi connectivity index (χ3v) is 5.13. The summed E-state index contributed by atoms with van der Waals surface area (Å²) in [6, 6.07) is 0. The van der Waals surface area contributed by atoms with Crippen molar-refractivity contribution >= 4 is 25.6 Å². The number of likely N-dealkylation sites (tertiary alicyclic amines) is 1. The van der Waals surface area contributed by atoms with Crippen molar-refractivity contribution < 1.29 is 13.2 Å². The zero-order valence-corrected chi connectivity index (χ0v) is 13.3. The molecule has 8 heteroatoms. The fourth-order valence-electron chi connectivity index (χ4n) is 2.63. The first kappa shape index (κ1) is 15.3. The van der Waals surface area contributed by atoms with E-state index in [0.29, 0.717) is 18.7 Å². The van der Waals surface area contributed by atoms with E-state index in [4.69, 9.17) is 10.7 Å². The lowest BCUT2D eigenvalue weighted by Crippen LogP contribution is -2.43. The molecule has 1 aromatic rings. The van der Waals surface area contributed by atoms with Gasteiger partial charge in [0, 0.05) is 22.8 Å². The Hall–Kier alpha value is -1.08. The second-order valence-corrected chi connectivity index (χ2v) is 8.05. The molecule has 0 unspecified atom stereocenters. The van der Waals surface area contributed by atoms with Crippen LogP contribution in [0, 0.1) is 0 Å². The van der Waals surface area contributed by atoms with Gasteiger partial charge in [-0.1, -0.05) is 6.92 Å². The number of aryl methyl sites for hydroxylation is 1. The molecule has 0 atom stereocenters. The van der Waals surface area contributed by atoms with Gasteiger partial charge in [-0.3, -0.25) is 9.89 Å². The summed E-state index contributed by atoms with van der Waals surface area (Å²) in [4.78, 5) is 14.1. The summed E-state index contributed by atoms with van der Waals surface area (Å²) < 4.78 is 23.4. The fourth-order valence-corrected chi connectivity index (χ4v) is 3.97. The fraction of sp³-hybridized carbons (Fsp3) is 0.667. The first-order chi connectivity index (χ1) is 9.18. The van der Waals surface area contributed by atoms with Crippen LogP contribution in [0.25, 0.3) is 0 Å². The predicted molar refractivity (Wildman–Crippen MR) is 75.4 cm³/mol. The molecule has 0 spiro atoms. The molecule has 0 aromatic carbocycles. The molecule has 1 N–H and O–H groups in total. The van der Waals surface area contributed by atoms with Crippen LogP contribution in [0.2, 0.25) is 0 Å². The molecule has 6 nitrogen and oxygen atoms in total. The average Bonchev–Trinajstić information content (AvgIpc) is 2.90. The van der Waals surface area contributed by atoms with E-state index in [1.165, 1.54) is 0 Å². The van der Waals surface area contributed by atoms with Crippen LogP contribution in [0.15, 0.2) is 4.90 Å². The number of H-pyrrole nitrogens is 1. The van der Waals surface area contributed by atoms with Crippen LogP contribution >= 0.6 is 10.7 Å². The normalized spacial score (nSPS) is 18.5. The number of carbonyl (C=O) groups is 1. The van der Waals surface area contributed by atoms with Gasteiger partial charge in [-0.05, 0) is 33.1 Å². The third kappa shape index (κ3) is 2.56. The van der Waals surface area contributed by atoms with Gasteiger partial charge >= 0.3 is 0 Å². The van der Waals surface area contributed by atoms with Gasteiger partial charge < -0.3 is 4.90 Å². The molecule has 0 saturated carbocycles. The standard InChI is InChI=1S/C12H18ClN3O3S/c1-4-8-10(20(13,18)19)9(15-14-8)11(17)16-7-5-6-12(16,2)3/h4-7H2,1-3H3,(H,14,15). The maximum absolute atomic E-state index is 12.6. The minimum absolute atomic E-state index is 0.105. The van der Waals surface area contributed by atoms with E-state index in [2.05, 4.69) is 10.2 Å². The molecule has 2 heterocycles. The van der Waals surface area contributed by atoms with Crippen molar-refractivity contribution in [2.75, 3.05) is 6.54 Å². The Kier molecular flexibility index (Phi) is 3.85. The SMILES string of the molecule is CCc1[nH]nc(C(=O)N2CCCC2(C)C)c1S(=O)(=O)Cl. The Morgan fingerprint density at radius 1 is 1.50 bits per heavy atom. The topological polar surface area (TPSA) is 83.1 Å². The highest BCUT2D eigenvalue weighted by Crippen LogP contribution is 2.32. The quantitative estimate of drug-likeness (QED) is 0.863. The number of hydrogen-bond donors (Lipinski definition) is 1. The van der Waals surface area contributed by atoms with Crippen molar-refractivity contribution in [1.29, 1.82) is 0 Å². The average molecular weight is 320 g/mol. The van der Waals surface area contributed by atoms with Crippen molar-refractivity contribution in [2.45, 2.75) is 50.5 Å². The van der Waals surface area contributed by atoms with E-state index in [0.717, 1.165) is 12.8 Å². The van der Waals surface area contributed by atoms with Gasteiger partial charge in [-0.15, -0.1) is 0 Å². The van der Waals surface area contributed by atoms with Gasteiger partial charge in [0.25, 0.3) is 15.0 Å². The van der Waals surface area contributed by atoms with Crippen molar-refractivity contribution in [2.24, 2.45) is 0 Å². The zero-order valence-electron chi connectivity index (χ0n) is 11.7. The second-order valence-electron chi connectivity index (χ2n) is 5.54. The van der Waals surface area contributed by atoms with E-state index in [1.54, 1.807) is 11.8 Å². The zero-order chi connectivity index (χ0) is 15.1. The van der Waals surface area contributed by atoms with E-state index in [-0.39, 0.29) is 22.0 Å². The monoisotopic (exact) mass is 319 g/mol. The van der Waals surface area contributed by atoms with Gasteiger partial charge in [0.2, 0.25) is 0 Å². The Morgan fingerprint density at radius 3 is 2.60 bits per heavy atom. The number of hydrogen-bond acceptors (Lipinski definition) is 4. The maximum atomic E-state index is 12.6. The van der Waals surface area contributed by atoms with Crippen LogP contribution in [-0.2, 0) is 15.5 Å². The smallest absolute Gasteiger partial charge is 0.276 e. The van der Waals surface area contributed by atoms with Crippen molar-refractivity contribution in [1.82, 2.24) is 15.1 Å². The summed E-state index contributed by atoms with van der Waals surface area (Å²) in [5.41, 5.74) is -0.0392. The highest BCUT2D eigenvalue weighted by atomic mass is 35.7. The van der Waals surface area contributed by atoms with Crippen LogP contribution in [0.3, 0.4) is 0 Å². The molecule has 0 bridgehead atoms. The molecule has 1 saturated heterocycles. The van der Waals surface area contributed by atoms with Gasteiger partial charge in [-0.25, -0.2) is 8.42 Å². The Balaban J connectivity index is 2.49. The van der Waals surface area contributed by atoms with Crippen molar-refractivity contribution in [3.63, 3.8) is 0 Å². The van der Waals surface area contributed by atoms with Crippen LogP contribution in [0.5, 0.6) is 0 Å². The minimum Gasteiger partial charge on any atom is -0.332 e. The lowest BCUT2D eigenvalue weighted by atomic mass is 10.0. The van der Waals surface area contributed by atoms with Gasteiger partial charge in [0.05, 0.1) is 5.69 Å². The van der Waals surface area contributed by atoms with E-state index >= 15 is 0 Å². The summed E-state index contributed by atoms with van der Waals surface area (Å²) in [6.07, 6.45) is 2.18. The number of aromatic amines is 1. The van der Waals surface area contributed by atoms with E-state index < -0.39 is 9.05 Å². The first-order valence-corrected chi connectivity index (χ1v) is 8.83. The van der Waals surface area contributed by atoms with Crippen LogP contribution < -0.4 is 0 Å². The molecule has 20 heavy (non-hydrogen) atoms. The number of amides is 1. The third-order valence-electron chi connectivity index (χ3n) is 3.74. The molecule has 2 rings (SSSR count). The van der Waals surface area contributed by atoms with Crippen LogP contribution in [0.1, 0.15) is 49.8 Å². The summed E-state index contributed by atoms with van der Waals surface area (Å²) in [5, 5.41) is 6.48. The molecule has 1 aromatic heterocycles. The number of nitrogens with zero attached hydrogens (tertiary/aromatic N) is 2. The van der Waals surface area contributed by atoms with Crippen LogP contribution in [-0.4, -0.2) is 41.5 Å². The van der Waals surface area contributed by atoms with Crippen LogP contribution in [0.4, 0.5) is 0 Å². The predicted octanol–water partition coefficient (Wildman–Crippen LogP) is 1.91. The number of carbonyl (C=O) groups excluding carboxylic acids is 1. The summed E-state index contributed by atoms with van der Waals surface area (Å²) >= 11 is 0. The Morgan fingerprint density at radius 2 is 2.15 bits per heavy atom. The molecular weight excluding hydrogens is 302 g/mol. The summed E-state index contributed by atoms with van der Waals surface area (Å²) in [5.74, 6) is -0.386. The highest BCUT2D eigenvalue weighted by molar-refractivity contribution is 8.13.